The maximum Gasteiger partial charge on any atom is 0.224 e. The Kier molecular flexibility index (Phi) is 2.77. The van der Waals surface area contributed by atoms with Gasteiger partial charge in [0.15, 0.2) is 0 Å². The van der Waals surface area contributed by atoms with Gasteiger partial charge in [-0.15, -0.1) is 0 Å². The molecule has 0 bridgehead atoms. The number of hydrogen-bond donors (Lipinski definition) is 2. The SMILES string of the molecule is Nc1nc(=S)nc(CCc2ccco2)[nH]1. The van der Waals surface area contributed by atoms with Crippen LogP contribution in [-0.4, -0.2) is 15.0 Å². The number of aryl methyl sites for hydroxylation is 2. The summed E-state index contributed by atoms with van der Waals surface area (Å²) in [7, 11) is 0. The molecule has 2 aromatic rings. The van der Waals surface area contributed by atoms with Crippen LogP contribution in [0.15, 0.2) is 22.8 Å². The Bertz CT molecular complexity index is 491. The van der Waals surface area contributed by atoms with Gasteiger partial charge in [0.2, 0.25) is 10.7 Å². The van der Waals surface area contributed by atoms with Gasteiger partial charge >= 0.3 is 0 Å². The number of aromatic amines is 1. The molecule has 0 aromatic carbocycles. The van der Waals surface area contributed by atoms with E-state index in [9.17, 15) is 0 Å². The lowest BCUT2D eigenvalue weighted by atomic mass is 10.2. The van der Waals surface area contributed by atoms with Gasteiger partial charge in [0.1, 0.15) is 11.6 Å². The number of nitrogens with one attached hydrogen (secondary N) is 1. The first-order chi connectivity index (χ1) is 7.24. The van der Waals surface area contributed by atoms with Crippen molar-refractivity contribution in [1.82, 2.24) is 15.0 Å². The molecule has 0 aliphatic rings. The fraction of sp³-hybridized carbons (Fsp3) is 0.222. The van der Waals surface area contributed by atoms with Crippen LogP contribution in [0, 0.1) is 4.77 Å². The van der Waals surface area contributed by atoms with Crippen molar-refractivity contribution in [3.8, 4) is 0 Å². The van der Waals surface area contributed by atoms with Crippen molar-refractivity contribution in [3.05, 3.63) is 34.8 Å². The number of nitrogen functional groups attached to an aromatic ring is 1. The van der Waals surface area contributed by atoms with Crippen molar-refractivity contribution >= 4 is 18.2 Å². The largest absolute Gasteiger partial charge is 0.469 e. The van der Waals surface area contributed by atoms with Crippen LogP contribution in [0.2, 0.25) is 0 Å². The van der Waals surface area contributed by atoms with E-state index < -0.39 is 0 Å². The number of anilines is 1. The number of hydrogen-bond acceptors (Lipinski definition) is 5. The molecule has 2 aromatic heterocycles. The summed E-state index contributed by atoms with van der Waals surface area (Å²) in [5.74, 6) is 1.93. The van der Waals surface area contributed by atoms with Gasteiger partial charge in [-0.1, -0.05) is 0 Å². The molecule has 0 aliphatic heterocycles. The fourth-order valence-electron chi connectivity index (χ4n) is 1.26. The highest BCUT2D eigenvalue weighted by molar-refractivity contribution is 7.71. The first-order valence-corrected chi connectivity index (χ1v) is 4.90. The Morgan fingerprint density at radius 3 is 2.93 bits per heavy atom. The number of furan rings is 1. The molecule has 78 valence electrons. The van der Waals surface area contributed by atoms with E-state index in [1.54, 1.807) is 6.26 Å². The molecule has 0 saturated heterocycles. The van der Waals surface area contributed by atoms with Crippen molar-refractivity contribution in [1.29, 1.82) is 0 Å². The average molecular weight is 222 g/mol. The molecule has 6 heteroatoms. The molecule has 0 spiro atoms. The third-order valence-corrected chi connectivity index (χ3v) is 2.09. The summed E-state index contributed by atoms with van der Waals surface area (Å²) < 4.78 is 5.47. The van der Waals surface area contributed by atoms with E-state index in [2.05, 4.69) is 15.0 Å². The van der Waals surface area contributed by atoms with Gasteiger partial charge in [0.25, 0.3) is 0 Å². The van der Waals surface area contributed by atoms with Gasteiger partial charge in [0, 0.05) is 12.8 Å². The maximum absolute atomic E-state index is 5.51. The quantitative estimate of drug-likeness (QED) is 0.769. The molecular formula is C9H10N4OS. The average Bonchev–Trinajstić information content (AvgIpc) is 2.65. The normalized spacial score (nSPS) is 10.4. The molecule has 3 N–H and O–H groups in total. The molecule has 15 heavy (non-hydrogen) atoms. The van der Waals surface area contributed by atoms with E-state index in [-0.39, 0.29) is 4.77 Å². The monoisotopic (exact) mass is 222 g/mol. The van der Waals surface area contributed by atoms with E-state index in [1.165, 1.54) is 0 Å². The standard InChI is InChI=1S/C9H10N4OS/c10-8-11-7(12-9(15)13-8)4-3-6-2-1-5-14-6/h1-2,5H,3-4H2,(H3,10,11,12,13,15). The van der Waals surface area contributed by atoms with Crippen LogP contribution in [-0.2, 0) is 12.8 Å². The van der Waals surface area contributed by atoms with Crippen LogP contribution in [0.4, 0.5) is 5.95 Å². The highest BCUT2D eigenvalue weighted by Gasteiger charge is 2.00. The second-order valence-electron chi connectivity index (χ2n) is 3.04. The lowest BCUT2D eigenvalue weighted by Crippen LogP contribution is -2.04. The molecule has 0 saturated carbocycles. The van der Waals surface area contributed by atoms with Gasteiger partial charge in [-0.05, 0) is 24.4 Å². The number of nitrogens with two attached hydrogens (primary N) is 1. The van der Waals surface area contributed by atoms with Crippen molar-refractivity contribution < 1.29 is 4.42 Å². The van der Waals surface area contributed by atoms with E-state index in [0.29, 0.717) is 12.4 Å². The topological polar surface area (TPSA) is 80.7 Å². The first-order valence-electron chi connectivity index (χ1n) is 4.49. The summed E-state index contributed by atoms with van der Waals surface area (Å²) >= 11 is 4.86. The van der Waals surface area contributed by atoms with Crippen molar-refractivity contribution in [2.45, 2.75) is 12.8 Å². The van der Waals surface area contributed by atoms with E-state index in [0.717, 1.165) is 18.0 Å². The predicted molar refractivity (Wildman–Crippen MR) is 57.7 cm³/mol. The van der Waals surface area contributed by atoms with Gasteiger partial charge < -0.3 is 15.1 Å². The van der Waals surface area contributed by atoms with Crippen molar-refractivity contribution in [2.24, 2.45) is 0 Å². The summed E-state index contributed by atoms with van der Waals surface area (Å²) in [6.45, 7) is 0. The Balaban J connectivity index is 2.08. The summed E-state index contributed by atoms with van der Waals surface area (Å²) in [6.07, 6.45) is 3.10. The Hall–Kier alpha value is -1.69. The number of rotatable bonds is 3. The van der Waals surface area contributed by atoms with Gasteiger partial charge in [-0.2, -0.15) is 4.98 Å². The summed E-state index contributed by atoms with van der Waals surface area (Å²) in [6, 6.07) is 3.77. The summed E-state index contributed by atoms with van der Waals surface area (Å²) in [5, 5.41) is 0. The van der Waals surface area contributed by atoms with Crippen LogP contribution in [0.25, 0.3) is 0 Å². The van der Waals surface area contributed by atoms with Crippen LogP contribution in [0.5, 0.6) is 0 Å². The highest BCUT2D eigenvalue weighted by atomic mass is 32.1. The number of aromatic nitrogens is 3. The minimum absolute atomic E-state index is 0.265. The third kappa shape index (κ3) is 2.63. The zero-order valence-corrected chi connectivity index (χ0v) is 8.75. The molecule has 0 amide bonds. The number of H-pyrrole nitrogens is 1. The van der Waals surface area contributed by atoms with Crippen molar-refractivity contribution in [3.63, 3.8) is 0 Å². The Morgan fingerprint density at radius 2 is 2.27 bits per heavy atom. The smallest absolute Gasteiger partial charge is 0.224 e. The lowest BCUT2D eigenvalue weighted by Gasteiger charge is -2.00. The fourth-order valence-corrected chi connectivity index (χ4v) is 1.47. The van der Waals surface area contributed by atoms with Gasteiger partial charge in [-0.25, -0.2) is 4.98 Å². The third-order valence-electron chi connectivity index (χ3n) is 1.91. The molecule has 0 aliphatic carbocycles. The van der Waals surface area contributed by atoms with E-state index >= 15 is 0 Å². The van der Waals surface area contributed by atoms with Gasteiger partial charge in [-0.3, -0.25) is 0 Å². The first kappa shape index (κ1) is 9.85. The second-order valence-corrected chi connectivity index (χ2v) is 3.41. The zero-order chi connectivity index (χ0) is 10.7. The summed E-state index contributed by atoms with van der Waals surface area (Å²) in [5.41, 5.74) is 5.51. The molecule has 2 rings (SSSR count). The second kappa shape index (κ2) is 4.22. The minimum atomic E-state index is 0.265. The molecule has 0 radical (unpaired) electrons. The summed E-state index contributed by atoms with van der Waals surface area (Å²) in [4.78, 5) is 10.7. The highest BCUT2D eigenvalue weighted by Crippen LogP contribution is 2.04. The van der Waals surface area contributed by atoms with E-state index in [1.807, 2.05) is 12.1 Å². The molecular weight excluding hydrogens is 212 g/mol. The molecule has 2 heterocycles. The maximum atomic E-state index is 5.51. The lowest BCUT2D eigenvalue weighted by molar-refractivity contribution is 0.506. The molecule has 0 fully saturated rings. The molecule has 0 unspecified atom stereocenters. The van der Waals surface area contributed by atoms with Gasteiger partial charge in [0.05, 0.1) is 6.26 Å². The predicted octanol–water partition coefficient (Wildman–Crippen LogP) is 1.49. The van der Waals surface area contributed by atoms with Crippen LogP contribution >= 0.6 is 12.2 Å². The Labute approximate surface area is 91.4 Å². The molecule has 5 nitrogen and oxygen atoms in total. The molecule has 0 atom stereocenters. The van der Waals surface area contributed by atoms with Crippen molar-refractivity contribution in [2.75, 3.05) is 5.73 Å². The van der Waals surface area contributed by atoms with Crippen LogP contribution in [0.1, 0.15) is 11.6 Å². The zero-order valence-electron chi connectivity index (χ0n) is 7.93. The van der Waals surface area contributed by atoms with Crippen LogP contribution in [0.3, 0.4) is 0 Å². The van der Waals surface area contributed by atoms with E-state index in [4.69, 9.17) is 22.4 Å². The number of nitrogens with zero attached hydrogens (tertiary/aromatic N) is 2. The minimum Gasteiger partial charge on any atom is -0.469 e. The Morgan fingerprint density at radius 1 is 1.40 bits per heavy atom. The van der Waals surface area contributed by atoms with Crippen LogP contribution < -0.4 is 5.73 Å².